The summed E-state index contributed by atoms with van der Waals surface area (Å²) < 4.78 is 14.3. The Hall–Kier alpha value is -3.37. The summed E-state index contributed by atoms with van der Waals surface area (Å²) in [7, 11) is 3.63. The molecule has 2 fully saturated rings. The number of aromatic hydroxyl groups is 1. The largest absolute Gasteiger partial charge is 0.505 e. The van der Waals surface area contributed by atoms with E-state index in [2.05, 4.69) is 5.32 Å². The van der Waals surface area contributed by atoms with Crippen LogP contribution in [0.25, 0.3) is 22.6 Å². The zero-order valence-electron chi connectivity index (χ0n) is 18.7. The maximum Gasteiger partial charge on any atom is 0.259 e. The van der Waals surface area contributed by atoms with Crippen molar-refractivity contribution in [3.8, 4) is 17.3 Å². The second-order valence-electron chi connectivity index (χ2n) is 8.44. The second kappa shape index (κ2) is 8.53. The molecule has 0 bridgehead atoms. The number of benzene rings is 1. The highest BCUT2D eigenvalue weighted by Crippen LogP contribution is 2.35. The highest BCUT2D eigenvalue weighted by atomic mass is 16.5. The van der Waals surface area contributed by atoms with Gasteiger partial charge in [0.25, 0.3) is 11.8 Å². The average molecular weight is 453 g/mol. The summed E-state index contributed by atoms with van der Waals surface area (Å²) in [6, 6.07) is 5.49. The Kier molecular flexibility index (Phi) is 5.55. The van der Waals surface area contributed by atoms with Gasteiger partial charge in [0.05, 0.1) is 29.8 Å². The standard InChI is InChI=1S/C23H27N5O5/c1-26-13-15(23(31)28-7-10-32-11-8-28)20(29)19(26)21-25-16-12-14(5-6-17(16)27(21)2)24-22(30)18-4-3-9-33-18/h5-6,12-13,18,29H,3-4,7-11H2,1-2H3,(H,24,30)/t18-/m1/s1. The average Bonchev–Trinajstić information content (AvgIpc) is 3.53. The molecule has 2 aliphatic rings. The first-order chi connectivity index (χ1) is 15.9. The van der Waals surface area contributed by atoms with Crippen molar-refractivity contribution in [2.45, 2.75) is 18.9 Å². The Bertz CT molecular complexity index is 1220. The fourth-order valence-corrected chi connectivity index (χ4v) is 4.47. The summed E-state index contributed by atoms with van der Waals surface area (Å²) in [6.07, 6.45) is 2.83. The van der Waals surface area contributed by atoms with Crippen LogP contribution in [0.5, 0.6) is 5.75 Å². The van der Waals surface area contributed by atoms with Gasteiger partial charge >= 0.3 is 0 Å². The molecule has 33 heavy (non-hydrogen) atoms. The molecule has 2 saturated heterocycles. The van der Waals surface area contributed by atoms with Crippen LogP contribution in [0.2, 0.25) is 0 Å². The van der Waals surface area contributed by atoms with E-state index in [-0.39, 0.29) is 23.1 Å². The first-order valence-electron chi connectivity index (χ1n) is 11.1. The van der Waals surface area contributed by atoms with Crippen LogP contribution in [-0.2, 0) is 28.4 Å². The van der Waals surface area contributed by atoms with Gasteiger partial charge in [-0.25, -0.2) is 4.98 Å². The number of amides is 2. The number of aromatic nitrogens is 3. The van der Waals surface area contributed by atoms with Gasteiger partial charge in [-0.1, -0.05) is 0 Å². The molecule has 10 heteroatoms. The minimum atomic E-state index is -0.414. The maximum absolute atomic E-state index is 13.0. The van der Waals surface area contributed by atoms with Crippen molar-refractivity contribution in [1.82, 2.24) is 19.0 Å². The van der Waals surface area contributed by atoms with E-state index < -0.39 is 6.10 Å². The zero-order valence-corrected chi connectivity index (χ0v) is 18.7. The fourth-order valence-electron chi connectivity index (χ4n) is 4.47. The molecule has 3 aromatic rings. The van der Waals surface area contributed by atoms with Crippen molar-refractivity contribution >= 4 is 28.5 Å². The number of morpholine rings is 1. The number of nitrogens with one attached hydrogen (secondary N) is 1. The quantitative estimate of drug-likeness (QED) is 0.624. The summed E-state index contributed by atoms with van der Waals surface area (Å²) in [5.74, 6) is 0.0397. The molecule has 4 heterocycles. The normalized spacial score (nSPS) is 18.7. The van der Waals surface area contributed by atoms with Crippen LogP contribution in [0.1, 0.15) is 23.2 Å². The Morgan fingerprint density at radius 1 is 1.18 bits per heavy atom. The van der Waals surface area contributed by atoms with Crippen molar-refractivity contribution in [3.05, 3.63) is 30.0 Å². The van der Waals surface area contributed by atoms with Crippen molar-refractivity contribution < 1.29 is 24.2 Å². The number of hydrogen-bond donors (Lipinski definition) is 2. The van der Waals surface area contributed by atoms with Crippen molar-refractivity contribution in [2.75, 3.05) is 38.2 Å². The van der Waals surface area contributed by atoms with Gasteiger partial charge in [-0.3, -0.25) is 9.59 Å². The molecule has 2 aliphatic heterocycles. The van der Waals surface area contributed by atoms with E-state index in [1.807, 2.05) is 23.7 Å². The number of aryl methyl sites for hydroxylation is 2. The molecule has 0 unspecified atom stereocenters. The van der Waals surface area contributed by atoms with Gasteiger partial charge < -0.3 is 33.9 Å². The molecule has 0 spiro atoms. The van der Waals surface area contributed by atoms with Crippen LogP contribution in [0.4, 0.5) is 5.69 Å². The number of ether oxygens (including phenoxy) is 2. The third-order valence-corrected chi connectivity index (χ3v) is 6.27. The van der Waals surface area contributed by atoms with E-state index >= 15 is 0 Å². The molecule has 174 valence electrons. The zero-order chi connectivity index (χ0) is 23.1. The van der Waals surface area contributed by atoms with Gasteiger partial charge in [0.1, 0.15) is 11.8 Å². The molecule has 1 aromatic carbocycles. The molecule has 0 aliphatic carbocycles. The molecule has 1 atom stereocenters. The number of carbonyl (C=O) groups excluding carboxylic acids is 2. The van der Waals surface area contributed by atoms with Crippen LogP contribution in [0.3, 0.4) is 0 Å². The third-order valence-electron chi connectivity index (χ3n) is 6.27. The summed E-state index contributed by atoms with van der Waals surface area (Å²) in [5, 5.41) is 13.9. The van der Waals surface area contributed by atoms with E-state index in [4.69, 9.17) is 14.5 Å². The van der Waals surface area contributed by atoms with Gasteiger partial charge in [0, 0.05) is 45.7 Å². The molecule has 2 aromatic heterocycles. The summed E-state index contributed by atoms with van der Waals surface area (Å²) >= 11 is 0. The molecule has 5 rings (SSSR count). The monoisotopic (exact) mass is 453 g/mol. The van der Waals surface area contributed by atoms with Gasteiger partial charge in [-0.15, -0.1) is 0 Å². The highest BCUT2D eigenvalue weighted by molar-refractivity contribution is 6.00. The summed E-state index contributed by atoms with van der Waals surface area (Å²) in [6.45, 7) is 2.58. The lowest BCUT2D eigenvalue weighted by Crippen LogP contribution is -2.40. The smallest absolute Gasteiger partial charge is 0.259 e. The number of anilines is 1. The molecule has 2 amide bonds. The fraction of sp³-hybridized carbons (Fsp3) is 0.435. The third kappa shape index (κ3) is 3.85. The molecule has 2 N–H and O–H groups in total. The van der Waals surface area contributed by atoms with E-state index in [9.17, 15) is 14.7 Å². The van der Waals surface area contributed by atoms with Crippen molar-refractivity contribution in [3.63, 3.8) is 0 Å². The van der Waals surface area contributed by atoms with Crippen LogP contribution >= 0.6 is 0 Å². The number of nitrogens with zero attached hydrogens (tertiary/aromatic N) is 4. The number of fused-ring (bicyclic) bond motifs is 1. The summed E-state index contributed by atoms with van der Waals surface area (Å²) in [5.41, 5.74) is 2.83. The predicted molar refractivity (Wildman–Crippen MR) is 121 cm³/mol. The Balaban J connectivity index is 1.46. The number of rotatable bonds is 4. The summed E-state index contributed by atoms with van der Waals surface area (Å²) in [4.78, 5) is 31.7. The second-order valence-corrected chi connectivity index (χ2v) is 8.44. The minimum Gasteiger partial charge on any atom is -0.505 e. The Morgan fingerprint density at radius 2 is 1.97 bits per heavy atom. The predicted octanol–water partition coefficient (Wildman–Crippen LogP) is 1.87. The van der Waals surface area contributed by atoms with Crippen LogP contribution < -0.4 is 5.32 Å². The number of carbonyl (C=O) groups is 2. The lowest BCUT2D eigenvalue weighted by atomic mass is 10.2. The van der Waals surface area contributed by atoms with Crippen molar-refractivity contribution in [2.24, 2.45) is 14.1 Å². The van der Waals surface area contributed by atoms with Gasteiger partial charge in [0.15, 0.2) is 11.6 Å². The topological polar surface area (TPSA) is 111 Å². The lowest BCUT2D eigenvalue weighted by Gasteiger charge is -2.26. The number of hydrogen-bond acceptors (Lipinski definition) is 6. The first kappa shape index (κ1) is 21.5. The molecular weight excluding hydrogens is 426 g/mol. The Labute approximate surface area is 190 Å². The first-order valence-corrected chi connectivity index (χ1v) is 11.1. The van der Waals surface area contributed by atoms with Crippen LogP contribution in [0.15, 0.2) is 24.4 Å². The maximum atomic E-state index is 13.0. The van der Waals surface area contributed by atoms with Crippen molar-refractivity contribution in [1.29, 1.82) is 0 Å². The van der Waals surface area contributed by atoms with E-state index in [0.717, 1.165) is 18.4 Å². The molecular formula is C23H27N5O5. The molecule has 0 saturated carbocycles. The van der Waals surface area contributed by atoms with E-state index in [1.54, 1.807) is 28.8 Å². The van der Waals surface area contributed by atoms with Gasteiger partial charge in [-0.2, -0.15) is 0 Å². The molecule has 10 nitrogen and oxygen atoms in total. The lowest BCUT2D eigenvalue weighted by molar-refractivity contribution is -0.124. The Morgan fingerprint density at radius 3 is 2.70 bits per heavy atom. The van der Waals surface area contributed by atoms with Crippen LogP contribution in [-0.4, -0.2) is 75.0 Å². The van der Waals surface area contributed by atoms with Gasteiger partial charge in [-0.05, 0) is 31.0 Å². The van der Waals surface area contributed by atoms with E-state index in [1.165, 1.54) is 0 Å². The molecule has 0 radical (unpaired) electrons. The van der Waals surface area contributed by atoms with E-state index in [0.29, 0.717) is 55.6 Å². The number of imidazole rings is 1. The SMILES string of the molecule is Cn1cc(C(=O)N2CCOCC2)c(O)c1-c1nc2cc(NC(=O)[C@H]3CCCO3)ccc2n1C. The van der Waals surface area contributed by atoms with Gasteiger partial charge in [0.2, 0.25) is 0 Å². The van der Waals surface area contributed by atoms with Crippen LogP contribution in [0, 0.1) is 0 Å². The minimum absolute atomic E-state index is 0.0979. The highest BCUT2D eigenvalue weighted by Gasteiger charge is 2.28.